The average Bonchev–Trinajstić information content (AvgIpc) is 2.71. The van der Waals surface area contributed by atoms with Crippen LogP contribution in [0.1, 0.15) is 44.5 Å². The Labute approximate surface area is 119 Å². The summed E-state index contributed by atoms with van der Waals surface area (Å²) in [5.74, 6) is 1.51. The van der Waals surface area contributed by atoms with Crippen molar-refractivity contribution in [1.29, 1.82) is 0 Å². The molecule has 100 valence electrons. The van der Waals surface area contributed by atoms with E-state index in [0.717, 1.165) is 22.7 Å². The predicted octanol–water partition coefficient (Wildman–Crippen LogP) is 5.04. The van der Waals surface area contributed by atoms with E-state index in [1.807, 2.05) is 6.07 Å². The van der Waals surface area contributed by atoms with Crippen molar-refractivity contribution in [3.05, 3.63) is 33.0 Å². The molecule has 1 aromatic heterocycles. The minimum atomic E-state index is 0.406. The van der Waals surface area contributed by atoms with Crippen molar-refractivity contribution in [3.8, 4) is 0 Å². The van der Waals surface area contributed by atoms with Crippen LogP contribution in [0.2, 0.25) is 4.34 Å². The second-order valence-electron chi connectivity index (χ2n) is 5.57. The largest absolute Gasteiger partial charge is 0.309 e. The van der Waals surface area contributed by atoms with Crippen LogP contribution in [-0.2, 0) is 0 Å². The zero-order valence-corrected chi connectivity index (χ0v) is 12.9. The molecule has 1 aliphatic carbocycles. The Kier molecular flexibility index (Phi) is 4.88. The van der Waals surface area contributed by atoms with Crippen molar-refractivity contribution in [3.63, 3.8) is 0 Å². The Morgan fingerprint density at radius 2 is 2.28 bits per heavy atom. The van der Waals surface area contributed by atoms with E-state index in [0.29, 0.717) is 6.04 Å². The molecule has 3 atom stereocenters. The lowest BCUT2D eigenvalue weighted by Gasteiger charge is -2.27. The third kappa shape index (κ3) is 3.84. The summed E-state index contributed by atoms with van der Waals surface area (Å²) in [7, 11) is 0. The van der Waals surface area contributed by atoms with Gasteiger partial charge < -0.3 is 5.32 Å². The molecule has 1 heterocycles. The number of hydrogen-bond donors (Lipinski definition) is 1. The number of nitrogens with one attached hydrogen (secondary N) is 1. The normalized spacial score (nSPS) is 25.9. The quantitative estimate of drug-likeness (QED) is 0.763. The highest BCUT2D eigenvalue weighted by molar-refractivity contribution is 7.16. The molecule has 0 bridgehead atoms. The van der Waals surface area contributed by atoms with Gasteiger partial charge >= 0.3 is 0 Å². The highest BCUT2D eigenvalue weighted by atomic mass is 35.5. The molecule has 0 aliphatic heterocycles. The molecule has 2 rings (SSSR count). The maximum atomic E-state index is 5.97. The molecule has 0 amide bonds. The first-order chi connectivity index (χ1) is 8.54. The summed E-state index contributed by atoms with van der Waals surface area (Å²) in [6.45, 7) is 7.90. The molecule has 1 nitrogen and oxygen atoms in total. The van der Waals surface area contributed by atoms with Crippen molar-refractivity contribution in [2.75, 3.05) is 6.54 Å². The van der Waals surface area contributed by atoms with E-state index in [4.69, 9.17) is 11.6 Å². The van der Waals surface area contributed by atoms with Gasteiger partial charge in [0.2, 0.25) is 0 Å². The van der Waals surface area contributed by atoms with Gasteiger partial charge in [-0.2, -0.15) is 0 Å². The van der Waals surface area contributed by atoms with Gasteiger partial charge in [-0.25, -0.2) is 0 Å². The van der Waals surface area contributed by atoms with Crippen LogP contribution < -0.4 is 5.32 Å². The second kappa shape index (κ2) is 6.23. The summed E-state index contributed by atoms with van der Waals surface area (Å²) < 4.78 is 0.878. The summed E-state index contributed by atoms with van der Waals surface area (Å²) in [5, 5.41) is 3.65. The predicted molar refractivity (Wildman–Crippen MR) is 81.4 cm³/mol. The van der Waals surface area contributed by atoms with Crippen LogP contribution in [0.25, 0.3) is 0 Å². The van der Waals surface area contributed by atoms with E-state index in [1.165, 1.54) is 17.7 Å². The lowest BCUT2D eigenvalue weighted by atomic mass is 9.83. The molecule has 3 heteroatoms. The Morgan fingerprint density at radius 1 is 1.50 bits per heavy atom. The van der Waals surface area contributed by atoms with Crippen LogP contribution in [0.5, 0.6) is 0 Å². The van der Waals surface area contributed by atoms with Crippen molar-refractivity contribution in [2.45, 2.75) is 39.7 Å². The van der Waals surface area contributed by atoms with Gasteiger partial charge in [-0.05, 0) is 57.2 Å². The average molecular weight is 284 g/mol. The topological polar surface area (TPSA) is 12.0 Å². The summed E-state index contributed by atoms with van der Waals surface area (Å²) in [5.41, 5.74) is 1.55. The Morgan fingerprint density at radius 3 is 2.89 bits per heavy atom. The van der Waals surface area contributed by atoms with Gasteiger partial charge in [0.1, 0.15) is 0 Å². The molecule has 0 radical (unpaired) electrons. The molecule has 0 fully saturated rings. The molecule has 0 aromatic carbocycles. The first-order valence-corrected chi connectivity index (χ1v) is 7.90. The van der Waals surface area contributed by atoms with E-state index in [9.17, 15) is 0 Å². The van der Waals surface area contributed by atoms with Gasteiger partial charge in [-0.15, -0.1) is 11.3 Å². The third-order valence-electron chi connectivity index (χ3n) is 3.62. The zero-order chi connectivity index (χ0) is 13.1. The van der Waals surface area contributed by atoms with Crippen LogP contribution in [-0.4, -0.2) is 6.54 Å². The van der Waals surface area contributed by atoms with Gasteiger partial charge in [0.15, 0.2) is 0 Å². The molecule has 1 aliphatic rings. The monoisotopic (exact) mass is 283 g/mol. The van der Waals surface area contributed by atoms with Crippen LogP contribution in [0.15, 0.2) is 23.8 Å². The molecule has 0 spiro atoms. The van der Waals surface area contributed by atoms with Crippen LogP contribution in [0.3, 0.4) is 0 Å². The first-order valence-electron chi connectivity index (χ1n) is 6.70. The highest BCUT2D eigenvalue weighted by Gasteiger charge is 2.19. The first kappa shape index (κ1) is 14.1. The summed E-state index contributed by atoms with van der Waals surface area (Å²) in [6, 6.07) is 4.51. The summed E-state index contributed by atoms with van der Waals surface area (Å²) in [4.78, 5) is 1.33. The molecule has 0 saturated carbocycles. The van der Waals surface area contributed by atoms with Crippen LogP contribution in [0.4, 0.5) is 0 Å². The summed E-state index contributed by atoms with van der Waals surface area (Å²) >= 11 is 7.65. The van der Waals surface area contributed by atoms with Crippen molar-refractivity contribution in [1.82, 2.24) is 5.32 Å². The molecular formula is C15H22ClNS. The number of allylic oxidation sites excluding steroid dienone is 2. The molecule has 1 aromatic rings. The SMILES string of the molecule is CC1=CC(C)CC(CNC(C)c2ccc(Cl)s2)C1. The second-order valence-corrected chi connectivity index (χ2v) is 7.31. The maximum absolute atomic E-state index is 5.97. The van der Waals surface area contributed by atoms with Gasteiger partial charge in [-0.3, -0.25) is 0 Å². The van der Waals surface area contributed by atoms with Gasteiger partial charge in [0.25, 0.3) is 0 Å². The standard InChI is InChI=1S/C15H22ClNS/c1-10-6-11(2)8-13(7-10)9-17-12(3)14-4-5-15(16)18-14/h4-6,10,12-13,17H,7-9H2,1-3H3. The molecular weight excluding hydrogens is 262 g/mol. The fourth-order valence-electron chi connectivity index (χ4n) is 2.85. The molecule has 1 N–H and O–H groups in total. The highest BCUT2D eigenvalue weighted by Crippen LogP contribution is 2.29. The molecule has 3 unspecified atom stereocenters. The van der Waals surface area contributed by atoms with Crippen LogP contribution >= 0.6 is 22.9 Å². The minimum Gasteiger partial charge on any atom is -0.309 e. The Balaban J connectivity index is 1.83. The lowest BCUT2D eigenvalue weighted by Crippen LogP contribution is -2.28. The Bertz CT molecular complexity index is 424. The van der Waals surface area contributed by atoms with Gasteiger partial charge in [0, 0.05) is 10.9 Å². The van der Waals surface area contributed by atoms with Crippen LogP contribution in [0, 0.1) is 11.8 Å². The maximum Gasteiger partial charge on any atom is 0.0931 e. The molecule has 0 saturated heterocycles. The number of halogens is 1. The smallest absolute Gasteiger partial charge is 0.0931 e. The minimum absolute atomic E-state index is 0.406. The summed E-state index contributed by atoms with van der Waals surface area (Å²) in [6.07, 6.45) is 4.97. The zero-order valence-electron chi connectivity index (χ0n) is 11.4. The number of thiophene rings is 1. The fourth-order valence-corrected chi connectivity index (χ4v) is 3.93. The third-order valence-corrected chi connectivity index (χ3v) is 5.03. The fraction of sp³-hybridized carbons (Fsp3) is 0.600. The van der Waals surface area contributed by atoms with E-state index >= 15 is 0 Å². The van der Waals surface area contributed by atoms with Gasteiger partial charge in [0.05, 0.1) is 4.34 Å². The van der Waals surface area contributed by atoms with Crippen molar-refractivity contribution in [2.24, 2.45) is 11.8 Å². The number of hydrogen-bond acceptors (Lipinski definition) is 2. The lowest BCUT2D eigenvalue weighted by molar-refractivity contribution is 0.368. The van der Waals surface area contributed by atoms with Crippen molar-refractivity contribution < 1.29 is 0 Å². The van der Waals surface area contributed by atoms with E-state index in [2.05, 4.69) is 38.2 Å². The van der Waals surface area contributed by atoms with E-state index < -0.39 is 0 Å². The Hall–Kier alpha value is -0.310. The van der Waals surface area contributed by atoms with E-state index in [1.54, 1.807) is 16.9 Å². The number of rotatable bonds is 4. The van der Waals surface area contributed by atoms with Gasteiger partial charge in [-0.1, -0.05) is 30.2 Å². The van der Waals surface area contributed by atoms with E-state index in [-0.39, 0.29) is 0 Å². The van der Waals surface area contributed by atoms with Crippen molar-refractivity contribution >= 4 is 22.9 Å². The molecule has 18 heavy (non-hydrogen) atoms.